The number of anilines is 1. The number of allylic oxidation sites excluding steroid dienone is 1. The van der Waals surface area contributed by atoms with Crippen molar-refractivity contribution in [3.05, 3.63) is 41.1 Å². The summed E-state index contributed by atoms with van der Waals surface area (Å²) < 4.78 is 19.0. The number of nitrogens with zero attached hydrogens (tertiary/aromatic N) is 1. The maximum atomic E-state index is 12.8. The van der Waals surface area contributed by atoms with E-state index in [0.717, 1.165) is 10.2 Å². The van der Waals surface area contributed by atoms with Gasteiger partial charge in [0.2, 0.25) is 5.91 Å². The highest BCUT2D eigenvalue weighted by molar-refractivity contribution is 9.10. The van der Waals surface area contributed by atoms with Crippen LogP contribution in [0.2, 0.25) is 0 Å². The Morgan fingerprint density at radius 3 is 2.77 bits per heavy atom. The lowest BCUT2D eigenvalue weighted by atomic mass is 10.2. The largest absolute Gasteiger partial charge is 0.396 e. The number of aliphatic hydroxyl groups is 1. The van der Waals surface area contributed by atoms with E-state index in [-0.39, 0.29) is 25.4 Å². The van der Waals surface area contributed by atoms with Gasteiger partial charge in [-0.25, -0.2) is 4.39 Å². The molecule has 0 fully saturated rings. The van der Waals surface area contributed by atoms with Gasteiger partial charge in [0.05, 0.1) is 12.4 Å². The molecule has 1 aromatic carbocycles. The van der Waals surface area contributed by atoms with Crippen molar-refractivity contribution >= 4 is 27.5 Å². The average molecular weight is 374 g/mol. The van der Waals surface area contributed by atoms with Crippen LogP contribution in [0, 0.1) is 0 Å². The van der Waals surface area contributed by atoms with Gasteiger partial charge in [0.25, 0.3) is 0 Å². The number of halogens is 2. The molecule has 0 saturated heterocycles. The van der Waals surface area contributed by atoms with Crippen molar-refractivity contribution < 1.29 is 19.0 Å². The van der Waals surface area contributed by atoms with Crippen LogP contribution in [0.1, 0.15) is 19.3 Å². The normalized spacial score (nSPS) is 10.5. The van der Waals surface area contributed by atoms with E-state index < -0.39 is 5.83 Å². The molecule has 0 radical (unpaired) electrons. The fraction of sp³-hybridized carbons (Fsp3) is 0.438. The van der Waals surface area contributed by atoms with Gasteiger partial charge in [0, 0.05) is 42.8 Å². The number of carbonyl (C=O) groups excluding carboxylic acids is 1. The lowest BCUT2D eigenvalue weighted by Gasteiger charge is -2.23. The van der Waals surface area contributed by atoms with Gasteiger partial charge in [0.1, 0.15) is 0 Å². The Kier molecular flexibility index (Phi) is 8.96. The topological polar surface area (TPSA) is 49.8 Å². The Morgan fingerprint density at radius 2 is 2.14 bits per heavy atom. The third-order valence-corrected chi connectivity index (χ3v) is 3.43. The van der Waals surface area contributed by atoms with E-state index in [1.807, 2.05) is 24.3 Å². The zero-order valence-electron chi connectivity index (χ0n) is 12.4. The van der Waals surface area contributed by atoms with Crippen LogP contribution in [0.3, 0.4) is 0 Å². The lowest BCUT2D eigenvalue weighted by molar-refractivity contribution is -0.118. The maximum Gasteiger partial charge on any atom is 0.227 e. The number of carbonyl (C=O) groups is 1. The third-order valence-electron chi connectivity index (χ3n) is 2.94. The molecule has 0 heterocycles. The van der Waals surface area contributed by atoms with Crippen molar-refractivity contribution in [1.82, 2.24) is 0 Å². The molecule has 0 aliphatic rings. The van der Waals surface area contributed by atoms with Crippen molar-refractivity contribution in [3.8, 4) is 0 Å². The zero-order valence-corrected chi connectivity index (χ0v) is 14.0. The molecule has 1 N–H and O–H groups in total. The molecule has 0 atom stereocenters. The second kappa shape index (κ2) is 10.5. The highest BCUT2D eigenvalue weighted by atomic mass is 79.9. The van der Waals surface area contributed by atoms with E-state index in [9.17, 15) is 9.18 Å². The van der Waals surface area contributed by atoms with Crippen molar-refractivity contribution in [1.29, 1.82) is 0 Å². The molecule has 0 unspecified atom stereocenters. The van der Waals surface area contributed by atoms with E-state index in [1.165, 1.54) is 0 Å². The van der Waals surface area contributed by atoms with Crippen LogP contribution in [-0.2, 0) is 9.53 Å². The van der Waals surface area contributed by atoms with Crippen LogP contribution in [0.15, 0.2) is 41.1 Å². The molecule has 1 rings (SSSR count). The standard InChI is InChI=1S/C16H21BrFNO3/c1-13(18)6-7-16(21)19(8-11-22-10-3-9-20)15-5-2-4-14(17)12-15/h2,4-5,12,20H,1,3,6-11H2. The van der Waals surface area contributed by atoms with Crippen molar-refractivity contribution in [2.75, 3.05) is 31.3 Å². The molecule has 0 aliphatic heterocycles. The maximum absolute atomic E-state index is 12.8. The fourth-order valence-corrected chi connectivity index (χ4v) is 2.23. The van der Waals surface area contributed by atoms with Gasteiger partial charge in [-0.1, -0.05) is 28.6 Å². The summed E-state index contributed by atoms with van der Waals surface area (Å²) in [4.78, 5) is 13.9. The van der Waals surface area contributed by atoms with Crippen LogP contribution >= 0.6 is 15.9 Å². The zero-order chi connectivity index (χ0) is 16.4. The molecule has 1 amide bonds. The van der Waals surface area contributed by atoms with E-state index in [2.05, 4.69) is 22.5 Å². The van der Waals surface area contributed by atoms with Crippen LogP contribution < -0.4 is 4.90 Å². The van der Waals surface area contributed by atoms with Gasteiger partial charge >= 0.3 is 0 Å². The molecule has 6 heteroatoms. The first-order valence-corrected chi connectivity index (χ1v) is 7.91. The molecular formula is C16H21BrFNO3. The molecule has 0 saturated carbocycles. The molecule has 0 spiro atoms. The van der Waals surface area contributed by atoms with E-state index in [4.69, 9.17) is 9.84 Å². The molecule has 4 nitrogen and oxygen atoms in total. The fourth-order valence-electron chi connectivity index (χ4n) is 1.84. The molecule has 0 bridgehead atoms. The highest BCUT2D eigenvalue weighted by Gasteiger charge is 2.16. The van der Waals surface area contributed by atoms with Crippen molar-refractivity contribution in [2.45, 2.75) is 19.3 Å². The van der Waals surface area contributed by atoms with Crippen molar-refractivity contribution in [3.63, 3.8) is 0 Å². The lowest BCUT2D eigenvalue weighted by Crippen LogP contribution is -2.34. The summed E-state index contributed by atoms with van der Waals surface area (Å²) >= 11 is 3.37. The number of benzene rings is 1. The predicted octanol–water partition coefficient (Wildman–Crippen LogP) is 3.44. The van der Waals surface area contributed by atoms with Crippen LogP contribution in [0.25, 0.3) is 0 Å². The molecule has 1 aromatic rings. The first kappa shape index (κ1) is 18.8. The minimum Gasteiger partial charge on any atom is -0.396 e. The monoisotopic (exact) mass is 373 g/mol. The van der Waals surface area contributed by atoms with E-state index >= 15 is 0 Å². The van der Waals surface area contributed by atoms with Gasteiger partial charge in [0.15, 0.2) is 0 Å². The van der Waals surface area contributed by atoms with E-state index in [1.54, 1.807) is 4.90 Å². The smallest absolute Gasteiger partial charge is 0.227 e. The number of hydrogen-bond acceptors (Lipinski definition) is 3. The average Bonchev–Trinajstić information content (AvgIpc) is 2.48. The van der Waals surface area contributed by atoms with Gasteiger partial charge in [-0.2, -0.15) is 0 Å². The summed E-state index contributed by atoms with van der Waals surface area (Å²) in [6.07, 6.45) is 0.652. The van der Waals surface area contributed by atoms with Gasteiger partial charge < -0.3 is 14.7 Å². The third kappa shape index (κ3) is 7.15. The SMILES string of the molecule is C=C(F)CCC(=O)N(CCOCCCO)c1cccc(Br)c1. The van der Waals surface area contributed by atoms with Crippen LogP contribution in [-0.4, -0.2) is 37.4 Å². The Balaban J connectivity index is 2.67. The number of aliphatic hydroxyl groups excluding tert-OH is 1. The molecule has 0 aliphatic carbocycles. The Labute approximate surface area is 138 Å². The Bertz CT molecular complexity index is 496. The summed E-state index contributed by atoms with van der Waals surface area (Å²) in [7, 11) is 0. The van der Waals surface area contributed by atoms with Crippen molar-refractivity contribution in [2.24, 2.45) is 0 Å². The number of rotatable bonds is 10. The number of amides is 1. The second-order valence-electron chi connectivity index (χ2n) is 4.73. The summed E-state index contributed by atoms with van der Waals surface area (Å²) in [6.45, 7) is 4.43. The molecule has 22 heavy (non-hydrogen) atoms. The quantitative estimate of drug-likeness (QED) is 0.639. The van der Waals surface area contributed by atoms with Gasteiger partial charge in [-0.05, 0) is 24.6 Å². The van der Waals surface area contributed by atoms with Crippen LogP contribution in [0.4, 0.5) is 10.1 Å². The second-order valence-corrected chi connectivity index (χ2v) is 5.65. The highest BCUT2D eigenvalue weighted by Crippen LogP contribution is 2.21. The number of ether oxygens (including phenoxy) is 1. The minimum atomic E-state index is -0.498. The first-order chi connectivity index (χ1) is 10.5. The number of hydrogen-bond donors (Lipinski definition) is 1. The molecule has 122 valence electrons. The predicted molar refractivity (Wildman–Crippen MR) is 88.5 cm³/mol. The van der Waals surface area contributed by atoms with Gasteiger partial charge in [-0.3, -0.25) is 4.79 Å². The first-order valence-electron chi connectivity index (χ1n) is 7.12. The summed E-state index contributed by atoms with van der Waals surface area (Å²) in [5.41, 5.74) is 0.731. The summed E-state index contributed by atoms with van der Waals surface area (Å²) in [6, 6.07) is 7.35. The summed E-state index contributed by atoms with van der Waals surface area (Å²) in [5, 5.41) is 8.70. The Morgan fingerprint density at radius 1 is 1.36 bits per heavy atom. The van der Waals surface area contributed by atoms with Gasteiger partial charge in [-0.15, -0.1) is 0 Å². The molecular weight excluding hydrogens is 353 g/mol. The van der Waals surface area contributed by atoms with Crippen LogP contribution in [0.5, 0.6) is 0 Å². The summed E-state index contributed by atoms with van der Waals surface area (Å²) in [5.74, 6) is -0.676. The Hall–Kier alpha value is -1.24. The van der Waals surface area contributed by atoms with E-state index in [0.29, 0.717) is 26.2 Å². The molecule has 0 aromatic heterocycles. The minimum absolute atomic E-state index is 0.0225.